The van der Waals surface area contributed by atoms with Gasteiger partial charge in [-0.05, 0) is 107 Å². The van der Waals surface area contributed by atoms with Crippen molar-refractivity contribution in [2.45, 2.75) is 92.2 Å². The summed E-state index contributed by atoms with van der Waals surface area (Å²) in [4.78, 5) is 59.5. The van der Waals surface area contributed by atoms with Crippen molar-refractivity contribution < 1.29 is 51.2 Å². The minimum absolute atomic E-state index is 0.0557. The van der Waals surface area contributed by atoms with E-state index in [1.165, 1.54) is 12.4 Å². The van der Waals surface area contributed by atoms with Crippen molar-refractivity contribution in [2.75, 3.05) is 65.5 Å². The van der Waals surface area contributed by atoms with Gasteiger partial charge in [0.15, 0.2) is 5.70 Å². The van der Waals surface area contributed by atoms with Gasteiger partial charge >= 0.3 is 13.1 Å². The van der Waals surface area contributed by atoms with Gasteiger partial charge in [-0.3, -0.25) is 14.4 Å². The molecule has 0 bridgehead atoms. The van der Waals surface area contributed by atoms with Crippen molar-refractivity contribution in [3.63, 3.8) is 0 Å². The number of rotatable bonds is 28. The zero-order valence-electron chi connectivity index (χ0n) is 45.8. The maximum atomic E-state index is 16.4. The Morgan fingerprint density at radius 3 is 2.20 bits per heavy atom. The number of nitrogen functional groups attached to an aromatic ring is 1. The number of carbonyl (C=O) groups excluding carboxylic acids is 4. The summed E-state index contributed by atoms with van der Waals surface area (Å²) in [6.45, 7) is 7.36. The maximum absolute atomic E-state index is 16.4. The number of amides is 4. The number of methoxy groups -OCH3 is 1. The van der Waals surface area contributed by atoms with E-state index in [1.807, 2.05) is 62.6 Å². The largest absolute Gasteiger partial charge is 0.737 e. The van der Waals surface area contributed by atoms with Crippen LogP contribution in [0.15, 0.2) is 89.4 Å². The molecule has 2 aliphatic heterocycles. The summed E-state index contributed by atoms with van der Waals surface area (Å²) in [6, 6.07) is 20.1. The molecule has 0 fully saturated rings. The van der Waals surface area contributed by atoms with E-state index < -0.39 is 19.0 Å². The van der Waals surface area contributed by atoms with E-state index in [9.17, 15) is 24.4 Å². The van der Waals surface area contributed by atoms with Crippen LogP contribution in [0, 0.1) is 18.3 Å². The van der Waals surface area contributed by atoms with E-state index in [-0.39, 0.29) is 62.0 Å². The van der Waals surface area contributed by atoms with Crippen LogP contribution in [0.4, 0.5) is 19.2 Å². The molecular weight excluding hydrogens is 1020 g/mol. The number of ether oxygens (including phenoxy) is 4. The van der Waals surface area contributed by atoms with E-state index in [4.69, 9.17) is 24.7 Å². The second-order valence-corrected chi connectivity index (χ2v) is 19.6. The molecule has 0 atom stereocenters. The van der Waals surface area contributed by atoms with Gasteiger partial charge in [-0.25, -0.2) is 14.8 Å². The predicted octanol–water partition coefficient (Wildman–Crippen LogP) is 7.70. The second kappa shape index (κ2) is 27.4. The molecule has 418 valence electrons. The summed E-state index contributed by atoms with van der Waals surface area (Å²) in [7, 11) is 1.56. The van der Waals surface area contributed by atoms with Crippen LogP contribution in [0.25, 0.3) is 45.6 Å². The van der Waals surface area contributed by atoms with Crippen molar-refractivity contribution in [2.24, 2.45) is 0 Å². The van der Waals surface area contributed by atoms with Crippen LogP contribution in [0.2, 0.25) is 0 Å². The molecule has 19 nitrogen and oxygen atoms in total. The van der Waals surface area contributed by atoms with Crippen LogP contribution >= 0.6 is 0 Å². The lowest BCUT2D eigenvalue weighted by Gasteiger charge is -2.31. The Hall–Kier alpha value is -8.16. The van der Waals surface area contributed by atoms with E-state index in [2.05, 4.69) is 31.2 Å². The topological polar surface area (TPSA) is 242 Å². The van der Waals surface area contributed by atoms with Gasteiger partial charge in [0.05, 0.1) is 51.2 Å². The van der Waals surface area contributed by atoms with Gasteiger partial charge in [0.25, 0.3) is 5.91 Å². The smallest absolute Gasteiger partial charge is 0.497 e. The molecular formula is C57H70BF2N11O8. The third-order valence-electron chi connectivity index (χ3n) is 13.7. The van der Waals surface area contributed by atoms with Crippen LogP contribution in [0.5, 0.6) is 5.75 Å². The summed E-state index contributed by atoms with van der Waals surface area (Å²) in [5.74, 6) is 0.107. The highest BCUT2D eigenvalue weighted by Gasteiger charge is 2.54. The molecule has 22 heteroatoms. The summed E-state index contributed by atoms with van der Waals surface area (Å²) >= 11 is 0. The number of nitriles is 1. The zero-order valence-corrected chi connectivity index (χ0v) is 45.8. The Balaban J connectivity index is 0.724. The normalized spacial score (nSPS) is 13.7. The number of alkyl carbamates (subject to hydrolysis) is 1. The van der Waals surface area contributed by atoms with Gasteiger partial charge in [0, 0.05) is 86.2 Å². The van der Waals surface area contributed by atoms with Crippen molar-refractivity contribution in [1.82, 2.24) is 40.3 Å². The highest BCUT2D eigenvalue weighted by Crippen LogP contribution is 2.42. The fourth-order valence-electron chi connectivity index (χ4n) is 9.76. The molecule has 0 saturated heterocycles. The molecule has 4 amide bonds. The van der Waals surface area contributed by atoms with Crippen LogP contribution in [0.1, 0.15) is 89.6 Å². The van der Waals surface area contributed by atoms with Crippen LogP contribution in [-0.2, 0) is 35.1 Å². The Labute approximate surface area is 459 Å². The SMILES string of the molecule is COc1ccc(-c2ccc3n2[B-](F)(F)[N+]2=C(C)C(CCC(=O)NCCCCCC(=O)NCCOCCOCCNC(=O)OCCCn4c(/C=C(\C#N)C(=O)NC(C)C)c(-c5ccc(C)cc5)c5c(N)ncnc54)=C(C)C2=C3)cc1. The lowest BCUT2D eigenvalue weighted by atomic mass is 9.89. The van der Waals surface area contributed by atoms with Crippen LogP contribution in [0.3, 0.4) is 0 Å². The molecule has 79 heavy (non-hydrogen) atoms. The van der Waals surface area contributed by atoms with Crippen molar-refractivity contribution in [3.05, 3.63) is 106 Å². The zero-order chi connectivity index (χ0) is 56.6. The number of halogens is 2. The van der Waals surface area contributed by atoms with Crippen molar-refractivity contribution in [1.29, 1.82) is 5.26 Å². The first-order valence-electron chi connectivity index (χ1n) is 26.7. The summed E-state index contributed by atoms with van der Waals surface area (Å²) in [5, 5.41) is 21.8. The molecule has 7 rings (SSSR count). The quantitative estimate of drug-likeness (QED) is 0.0140. The number of allylic oxidation sites excluding steroid dienone is 2. The first-order valence-corrected chi connectivity index (χ1v) is 26.7. The Kier molecular flexibility index (Phi) is 20.3. The fraction of sp³-hybridized carbons (Fsp3) is 0.404. The fourth-order valence-corrected chi connectivity index (χ4v) is 9.76. The van der Waals surface area contributed by atoms with Crippen molar-refractivity contribution >= 4 is 65.5 Å². The lowest BCUT2D eigenvalue weighted by Crippen LogP contribution is -2.50. The first-order chi connectivity index (χ1) is 38.0. The summed E-state index contributed by atoms with van der Waals surface area (Å²) in [5.41, 5.74) is 13.8. The molecule has 0 saturated carbocycles. The number of aromatic nitrogens is 4. The number of benzene rings is 2. The number of fused-ring (bicyclic) bond motifs is 3. The molecule has 3 aromatic heterocycles. The van der Waals surface area contributed by atoms with E-state index in [1.54, 1.807) is 56.5 Å². The highest BCUT2D eigenvalue weighted by atomic mass is 19.2. The van der Waals surface area contributed by atoms with E-state index >= 15 is 8.63 Å². The van der Waals surface area contributed by atoms with Gasteiger partial charge in [-0.2, -0.15) is 5.26 Å². The molecule has 6 N–H and O–H groups in total. The average molecular weight is 1090 g/mol. The van der Waals surface area contributed by atoms with E-state index in [0.717, 1.165) is 37.7 Å². The Morgan fingerprint density at radius 2 is 1.51 bits per heavy atom. The number of unbranched alkanes of at least 4 members (excludes halogenated alkanes) is 2. The standard InChI is InChI=1S/C57H70BF2N11O8/c1-37(2)68-56(74)43(35-61)33-49-52(42-14-12-38(3)13-15-42)53-54(62)66-36-67-55(53)69(49)27-10-28-79-57(75)65-26-30-78-32-31-77-29-25-64-50(72)11-8-7-9-24-63-51(73)23-21-46-39(4)48-34-44-18-22-47(41-16-19-45(76-6)20-17-41)71(44)58(59,60)70(48)40(46)5/h12-20,22,33-34,36-37H,7-11,21,23-32H2,1-6H3,(H,63,73)(H,64,72)(H,65,75)(H,68,74)(H2,62,66,67)/b43-33+. The van der Waals surface area contributed by atoms with Gasteiger partial charge in [-0.15, -0.1) is 0 Å². The molecule has 0 radical (unpaired) electrons. The third kappa shape index (κ3) is 14.5. The minimum atomic E-state index is -4.21. The highest BCUT2D eigenvalue weighted by molar-refractivity contribution is 6.58. The van der Waals surface area contributed by atoms with Gasteiger partial charge < -0.3 is 68.1 Å². The number of nitrogens with zero attached hydrogens (tertiary/aromatic N) is 6. The summed E-state index contributed by atoms with van der Waals surface area (Å²) < 4.78 is 58.7. The molecule has 0 spiro atoms. The Morgan fingerprint density at radius 1 is 0.823 bits per heavy atom. The predicted molar refractivity (Wildman–Crippen MR) is 300 cm³/mol. The van der Waals surface area contributed by atoms with Gasteiger partial charge in [-0.1, -0.05) is 36.2 Å². The molecule has 0 aliphatic carbocycles. The lowest BCUT2D eigenvalue weighted by molar-refractivity contribution is -0.362. The number of hydrogen-bond acceptors (Lipinski definition) is 12. The maximum Gasteiger partial charge on any atom is 0.737 e. The van der Waals surface area contributed by atoms with E-state index in [0.29, 0.717) is 121 Å². The molecule has 0 unspecified atom stereocenters. The minimum Gasteiger partial charge on any atom is -0.497 e. The molecule has 2 aliphatic rings. The molecule has 2 aromatic carbocycles. The van der Waals surface area contributed by atoms with Crippen molar-refractivity contribution in [3.8, 4) is 34.2 Å². The number of hydrogen-bond donors (Lipinski definition) is 5. The molecule has 5 heterocycles. The Bertz CT molecular complexity index is 3190. The van der Waals surface area contributed by atoms with Crippen LogP contribution in [-0.4, -0.2) is 126 Å². The van der Waals surface area contributed by atoms with Gasteiger partial charge in [0.1, 0.15) is 40.9 Å². The van der Waals surface area contributed by atoms with Crippen LogP contribution < -0.4 is 31.7 Å². The summed E-state index contributed by atoms with van der Waals surface area (Å²) in [6.07, 6.45) is 7.34. The van der Waals surface area contributed by atoms with Gasteiger partial charge in [0.2, 0.25) is 11.8 Å². The monoisotopic (exact) mass is 1090 g/mol. The first kappa shape index (κ1) is 58.5. The molecule has 5 aromatic rings. The number of nitrogens with two attached hydrogens (primary N) is 1. The third-order valence-corrected chi connectivity index (χ3v) is 13.7. The second-order valence-electron chi connectivity index (χ2n) is 19.6. The number of aryl methyl sites for hydroxylation is 2. The number of nitrogens with one attached hydrogen (secondary N) is 4. The number of anilines is 1. The average Bonchev–Trinajstić information content (AvgIpc) is 4.22. The number of carbonyl (C=O) groups is 4.